The quantitative estimate of drug-likeness (QED) is 0.605. The molecule has 0 heterocycles. The molecule has 0 spiro atoms. The van der Waals surface area contributed by atoms with Crippen LogP contribution in [0.25, 0.3) is 0 Å². The average molecular weight is 296 g/mol. The van der Waals surface area contributed by atoms with Gasteiger partial charge in [-0.15, -0.1) is 11.6 Å². The Balaban J connectivity index is 3.07. The number of ketones is 1. The molecule has 1 aromatic rings. The zero-order valence-electron chi connectivity index (χ0n) is 7.40. The second-order valence-corrected chi connectivity index (χ2v) is 4.23. The fraction of sp³-hybridized carbons (Fsp3) is 0.300. The molecule has 0 saturated carbocycles. The van der Waals surface area contributed by atoms with Crippen molar-refractivity contribution < 1.29 is 4.79 Å². The molecule has 1 nitrogen and oxygen atoms in total. The fourth-order valence-electron chi connectivity index (χ4n) is 1.18. The minimum absolute atomic E-state index is 0.0695. The molecular weight excluding hydrogens is 287 g/mol. The Morgan fingerprint density at radius 1 is 1.43 bits per heavy atom. The Morgan fingerprint density at radius 2 is 2.14 bits per heavy atom. The van der Waals surface area contributed by atoms with E-state index >= 15 is 0 Å². The van der Waals surface area contributed by atoms with Crippen molar-refractivity contribution >= 4 is 44.9 Å². The summed E-state index contributed by atoms with van der Waals surface area (Å²) in [4.78, 5) is 11.6. The summed E-state index contributed by atoms with van der Waals surface area (Å²) >= 11 is 14.9. The minimum atomic E-state index is 0.0695. The van der Waals surface area contributed by atoms with Crippen LogP contribution in [0.2, 0.25) is 5.02 Å². The molecular formula is C10H9BrCl2O. The third-order valence-corrected chi connectivity index (χ3v) is 2.89. The van der Waals surface area contributed by atoms with Crippen molar-refractivity contribution in [1.82, 2.24) is 0 Å². The Labute approximate surface area is 102 Å². The summed E-state index contributed by atoms with van der Waals surface area (Å²) < 4.78 is 0. The van der Waals surface area contributed by atoms with E-state index in [-0.39, 0.29) is 11.7 Å². The van der Waals surface area contributed by atoms with Gasteiger partial charge in [0.2, 0.25) is 0 Å². The summed E-state index contributed by atoms with van der Waals surface area (Å²) in [5, 5.41) is 1.21. The summed E-state index contributed by atoms with van der Waals surface area (Å²) in [6.45, 7) is 0. The van der Waals surface area contributed by atoms with Gasteiger partial charge < -0.3 is 0 Å². The molecule has 0 N–H and O–H groups in total. The molecule has 0 unspecified atom stereocenters. The van der Waals surface area contributed by atoms with Crippen LogP contribution in [0.1, 0.15) is 22.3 Å². The lowest BCUT2D eigenvalue weighted by Gasteiger charge is -2.06. The topological polar surface area (TPSA) is 17.1 Å². The largest absolute Gasteiger partial charge is 0.294 e. The number of rotatable bonds is 4. The van der Waals surface area contributed by atoms with Crippen LogP contribution in [0, 0.1) is 0 Å². The molecule has 0 aromatic heterocycles. The highest BCUT2D eigenvalue weighted by molar-refractivity contribution is 9.09. The third-order valence-electron chi connectivity index (χ3n) is 1.87. The first-order valence-corrected chi connectivity index (χ1v) is 6.16. The van der Waals surface area contributed by atoms with Gasteiger partial charge in [0.15, 0.2) is 5.78 Å². The van der Waals surface area contributed by atoms with Crippen molar-refractivity contribution in [2.75, 3.05) is 5.33 Å². The maximum atomic E-state index is 11.6. The van der Waals surface area contributed by atoms with E-state index in [2.05, 4.69) is 15.9 Å². The molecule has 0 fully saturated rings. The highest BCUT2D eigenvalue weighted by atomic mass is 79.9. The predicted octanol–water partition coefficient (Wildman–Crippen LogP) is 4.05. The lowest BCUT2D eigenvalue weighted by atomic mass is 10.0. The zero-order valence-corrected chi connectivity index (χ0v) is 10.5. The Bertz CT molecular complexity index is 339. The maximum Gasteiger partial charge on any atom is 0.164 e. The first-order valence-electron chi connectivity index (χ1n) is 4.13. The number of hydrogen-bond acceptors (Lipinski definition) is 1. The second kappa shape index (κ2) is 5.74. The Kier molecular flexibility index (Phi) is 4.93. The van der Waals surface area contributed by atoms with Gasteiger partial charge in [0.1, 0.15) is 0 Å². The molecule has 0 aliphatic carbocycles. The number of benzene rings is 1. The van der Waals surface area contributed by atoms with Crippen LogP contribution in [0.3, 0.4) is 0 Å². The number of Topliss-reactive ketones (excluding diaryl/α,β-unsaturated/α-hetero) is 1. The van der Waals surface area contributed by atoms with Crippen LogP contribution in [-0.4, -0.2) is 11.1 Å². The number of carbonyl (C=O) groups is 1. The lowest BCUT2D eigenvalue weighted by molar-refractivity contribution is 0.0989. The molecule has 1 rings (SSSR count). The SMILES string of the molecule is O=C(CCBr)c1cccc(Cl)c1CCl. The highest BCUT2D eigenvalue weighted by Gasteiger charge is 2.12. The Hall–Kier alpha value is -0.0500. The van der Waals surface area contributed by atoms with Gasteiger partial charge in [0.25, 0.3) is 0 Å². The number of halogens is 3. The van der Waals surface area contributed by atoms with Crippen molar-refractivity contribution in [2.45, 2.75) is 12.3 Å². The van der Waals surface area contributed by atoms with E-state index in [9.17, 15) is 4.79 Å². The lowest BCUT2D eigenvalue weighted by Crippen LogP contribution is -2.03. The van der Waals surface area contributed by atoms with Gasteiger partial charge in [-0.2, -0.15) is 0 Å². The van der Waals surface area contributed by atoms with Crippen LogP contribution in [-0.2, 0) is 5.88 Å². The van der Waals surface area contributed by atoms with Gasteiger partial charge in [-0.25, -0.2) is 0 Å². The normalized spacial score (nSPS) is 10.2. The van der Waals surface area contributed by atoms with Gasteiger partial charge in [-0.3, -0.25) is 4.79 Å². The molecule has 0 saturated heterocycles. The highest BCUT2D eigenvalue weighted by Crippen LogP contribution is 2.23. The van der Waals surface area contributed by atoms with E-state index in [1.54, 1.807) is 18.2 Å². The monoisotopic (exact) mass is 294 g/mol. The van der Waals surface area contributed by atoms with E-state index in [4.69, 9.17) is 23.2 Å². The molecule has 0 amide bonds. The Morgan fingerprint density at radius 3 is 2.71 bits per heavy atom. The summed E-state index contributed by atoms with van der Waals surface area (Å²) in [6, 6.07) is 5.26. The van der Waals surface area contributed by atoms with Gasteiger partial charge in [0.05, 0.1) is 0 Å². The van der Waals surface area contributed by atoms with Gasteiger partial charge in [0, 0.05) is 28.2 Å². The molecule has 0 aliphatic heterocycles. The fourth-order valence-corrected chi connectivity index (χ4v) is 2.13. The first-order chi connectivity index (χ1) is 6.70. The van der Waals surface area contributed by atoms with E-state index in [0.717, 1.165) is 5.56 Å². The predicted molar refractivity (Wildman–Crippen MR) is 63.8 cm³/mol. The van der Waals surface area contributed by atoms with Crippen molar-refractivity contribution in [3.05, 3.63) is 34.3 Å². The van der Waals surface area contributed by atoms with Crippen LogP contribution >= 0.6 is 39.1 Å². The zero-order chi connectivity index (χ0) is 10.6. The standard InChI is InChI=1S/C10H9BrCl2O/c11-5-4-10(14)7-2-1-3-9(13)8(7)6-12/h1-3H,4-6H2. The van der Waals surface area contributed by atoms with E-state index in [1.165, 1.54) is 0 Å². The molecule has 0 aliphatic rings. The molecule has 0 bridgehead atoms. The van der Waals surface area contributed by atoms with Gasteiger partial charge >= 0.3 is 0 Å². The van der Waals surface area contributed by atoms with Crippen LogP contribution in [0.5, 0.6) is 0 Å². The van der Waals surface area contributed by atoms with Crippen LogP contribution < -0.4 is 0 Å². The van der Waals surface area contributed by atoms with Crippen LogP contribution in [0.15, 0.2) is 18.2 Å². The first kappa shape index (κ1) is 12.0. The maximum absolute atomic E-state index is 11.6. The van der Waals surface area contributed by atoms with Crippen molar-refractivity contribution in [1.29, 1.82) is 0 Å². The second-order valence-electron chi connectivity index (χ2n) is 2.76. The summed E-state index contributed by atoms with van der Waals surface area (Å²) in [5.74, 6) is 0.336. The van der Waals surface area contributed by atoms with E-state index < -0.39 is 0 Å². The smallest absolute Gasteiger partial charge is 0.164 e. The summed E-state index contributed by atoms with van der Waals surface area (Å²) in [5.41, 5.74) is 1.36. The molecule has 76 valence electrons. The molecule has 4 heteroatoms. The van der Waals surface area contributed by atoms with Crippen LogP contribution in [0.4, 0.5) is 0 Å². The van der Waals surface area contributed by atoms with Crippen molar-refractivity contribution in [3.63, 3.8) is 0 Å². The minimum Gasteiger partial charge on any atom is -0.294 e. The molecule has 0 atom stereocenters. The van der Waals surface area contributed by atoms with Gasteiger partial charge in [-0.1, -0.05) is 39.7 Å². The molecule has 14 heavy (non-hydrogen) atoms. The van der Waals surface area contributed by atoms with E-state index in [0.29, 0.717) is 22.3 Å². The summed E-state index contributed by atoms with van der Waals surface area (Å²) in [6.07, 6.45) is 0.463. The summed E-state index contributed by atoms with van der Waals surface area (Å²) in [7, 11) is 0. The molecule has 1 aromatic carbocycles. The van der Waals surface area contributed by atoms with E-state index in [1.807, 2.05) is 0 Å². The third kappa shape index (κ3) is 2.72. The van der Waals surface area contributed by atoms with Crippen molar-refractivity contribution in [2.24, 2.45) is 0 Å². The molecule has 0 radical (unpaired) electrons. The average Bonchev–Trinajstić information content (AvgIpc) is 2.17. The number of hydrogen-bond donors (Lipinski definition) is 0. The van der Waals surface area contributed by atoms with Crippen molar-refractivity contribution in [3.8, 4) is 0 Å². The number of carbonyl (C=O) groups excluding carboxylic acids is 1. The number of alkyl halides is 2. The van der Waals surface area contributed by atoms with Gasteiger partial charge in [-0.05, 0) is 11.6 Å².